The van der Waals surface area contributed by atoms with E-state index in [4.69, 9.17) is 9.47 Å². The van der Waals surface area contributed by atoms with Crippen molar-refractivity contribution in [3.63, 3.8) is 0 Å². The molecular weight excluding hydrogens is 252 g/mol. The van der Waals surface area contributed by atoms with Gasteiger partial charge in [-0.25, -0.2) is 0 Å². The Morgan fingerprint density at radius 1 is 0.684 bits per heavy atom. The van der Waals surface area contributed by atoms with E-state index in [0.717, 1.165) is 0 Å². The molecule has 116 valence electrons. The first-order chi connectivity index (χ1) is 8.13. The van der Waals surface area contributed by atoms with Crippen LogP contribution < -0.4 is 0 Å². The van der Waals surface area contributed by atoms with Gasteiger partial charge in [0, 0.05) is 0 Å². The van der Waals surface area contributed by atoms with Crippen molar-refractivity contribution in [2.75, 3.05) is 0 Å². The van der Waals surface area contributed by atoms with Gasteiger partial charge in [0.15, 0.2) is 0 Å². The first-order valence-corrected chi connectivity index (χ1v) is 9.40. The van der Waals surface area contributed by atoms with E-state index in [-0.39, 0.29) is 22.2 Å². The molecular formula is C16H36O2Si. The number of hydrogen-bond donors (Lipinski definition) is 0. The highest BCUT2D eigenvalue weighted by Gasteiger charge is 2.41. The van der Waals surface area contributed by atoms with E-state index in [0.29, 0.717) is 5.54 Å². The summed E-state index contributed by atoms with van der Waals surface area (Å²) < 4.78 is 12.6. The van der Waals surface area contributed by atoms with Gasteiger partial charge in [-0.1, -0.05) is 34.6 Å². The van der Waals surface area contributed by atoms with Crippen molar-refractivity contribution < 1.29 is 9.47 Å². The van der Waals surface area contributed by atoms with E-state index in [1.54, 1.807) is 0 Å². The summed E-state index contributed by atoms with van der Waals surface area (Å²) in [5.41, 5.74) is 0.317. The molecule has 2 nitrogen and oxygen atoms in total. The first-order valence-electron chi connectivity index (χ1n) is 7.49. The van der Waals surface area contributed by atoms with E-state index in [1.807, 2.05) is 0 Å². The maximum Gasteiger partial charge on any atom is 0.140 e. The molecule has 0 radical (unpaired) electrons. The Balaban J connectivity index is 5.29. The molecule has 0 fully saturated rings. The standard InChI is InChI=1S/C16H36O2Si/c1-12(2)19(16(9,10)11)13(17-14(3,4)5)18-15(6,7)8/h12-13,19H,1-11H3. The van der Waals surface area contributed by atoms with Crippen molar-refractivity contribution in [1.29, 1.82) is 0 Å². The maximum atomic E-state index is 6.30. The minimum absolute atomic E-state index is 0.0417. The van der Waals surface area contributed by atoms with Crippen molar-refractivity contribution in [1.82, 2.24) is 0 Å². The Labute approximate surface area is 122 Å². The van der Waals surface area contributed by atoms with E-state index in [2.05, 4.69) is 76.2 Å². The fourth-order valence-electron chi connectivity index (χ4n) is 2.59. The van der Waals surface area contributed by atoms with Crippen LogP contribution in [-0.4, -0.2) is 25.9 Å². The quantitative estimate of drug-likeness (QED) is 0.540. The lowest BCUT2D eigenvalue weighted by Crippen LogP contribution is -2.50. The lowest BCUT2D eigenvalue weighted by atomic mass is 10.2. The number of hydrogen-bond acceptors (Lipinski definition) is 2. The second-order valence-corrected chi connectivity index (χ2v) is 13.6. The molecule has 1 atom stereocenters. The van der Waals surface area contributed by atoms with Gasteiger partial charge in [-0.3, -0.25) is 0 Å². The molecule has 0 N–H and O–H groups in total. The molecule has 0 rings (SSSR count). The largest absolute Gasteiger partial charge is 0.351 e. The van der Waals surface area contributed by atoms with Gasteiger partial charge in [-0.05, 0) is 52.1 Å². The van der Waals surface area contributed by atoms with Crippen molar-refractivity contribution >= 4 is 8.80 Å². The zero-order valence-electron chi connectivity index (χ0n) is 15.0. The lowest BCUT2D eigenvalue weighted by Gasteiger charge is -2.43. The molecule has 0 aliphatic rings. The molecule has 0 bridgehead atoms. The number of ether oxygens (including phenoxy) is 2. The van der Waals surface area contributed by atoms with Crippen LogP contribution in [0, 0.1) is 0 Å². The van der Waals surface area contributed by atoms with E-state index < -0.39 is 8.80 Å². The van der Waals surface area contributed by atoms with Gasteiger partial charge in [-0.2, -0.15) is 0 Å². The Morgan fingerprint density at radius 2 is 1.00 bits per heavy atom. The fourth-order valence-corrected chi connectivity index (χ4v) is 7.14. The van der Waals surface area contributed by atoms with Crippen LogP contribution in [0.5, 0.6) is 0 Å². The topological polar surface area (TPSA) is 18.5 Å². The number of rotatable bonds is 4. The monoisotopic (exact) mass is 288 g/mol. The molecule has 0 aliphatic carbocycles. The summed E-state index contributed by atoms with van der Waals surface area (Å²) in [4.78, 5) is 0. The summed E-state index contributed by atoms with van der Waals surface area (Å²) in [7, 11) is -1.25. The average Bonchev–Trinajstić information content (AvgIpc) is 1.90. The molecule has 19 heavy (non-hydrogen) atoms. The van der Waals surface area contributed by atoms with Crippen molar-refractivity contribution in [3.8, 4) is 0 Å². The molecule has 0 aromatic heterocycles. The van der Waals surface area contributed by atoms with Crippen LogP contribution in [0.1, 0.15) is 76.2 Å². The maximum absolute atomic E-state index is 6.30. The predicted molar refractivity (Wildman–Crippen MR) is 87.4 cm³/mol. The molecule has 0 saturated heterocycles. The summed E-state index contributed by atoms with van der Waals surface area (Å²) in [6, 6.07) is 0. The van der Waals surface area contributed by atoms with Crippen molar-refractivity contribution in [2.45, 2.75) is 104 Å². The first kappa shape index (κ1) is 19.1. The summed E-state index contributed by atoms with van der Waals surface area (Å²) in [5, 5.41) is 0.287. The fraction of sp³-hybridized carbons (Fsp3) is 1.00. The van der Waals surface area contributed by atoms with Crippen LogP contribution >= 0.6 is 0 Å². The third kappa shape index (κ3) is 8.11. The summed E-state index contributed by atoms with van der Waals surface area (Å²) in [5.74, 6) is -0.0417. The van der Waals surface area contributed by atoms with Gasteiger partial charge in [0.05, 0.1) is 11.2 Å². The van der Waals surface area contributed by atoms with Gasteiger partial charge in [-0.15, -0.1) is 0 Å². The minimum atomic E-state index is -1.25. The Hall–Kier alpha value is 0.137. The molecule has 0 aliphatic heterocycles. The van der Waals surface area contributed by atoms with E-state index in [1.165, 1.54) is 0 Å². The van der Waals surface area contributed by atoms with Gasteiger partial charge in [0.1, 0.15) is 14.7 Å². The lowest BCUT2D eigenvalue weighted by molar-refractivity contribution is -0.197. The smallest absolute Gasteiger partial charge is 0.140 e. The normalized spacial score (nSPS) is 16.3. The predicted octanol–water partition coefficient (Wildman–Crippen LogP) is 4.92. The van der Waals surface area contributed by atoms with E-state index in [9.17, 15) is 0 Å². The molecule has 0 heterocycles. The van der Waals surface area contributed by atoms with Gasteiger partial charge >= 0.3 is 0 Å². The molecule has 0 aromatic rings. The summed E-state index contributed by atoms with van der Waals surface area (Å²) >= 11 is 0. The van der Waals surface area contributed by atoms with E-state index >= 15 is 0 Å². The molecule has 0 aromatic carbocycles. The van der Waals surface area contributed by atoms with Crippen LogP contribution in [0.4, 0.5) is 0 Å². The molecule has 1 unspecified atom stereocenters. The van der Waals surface area contributed by atoms with Gasteiger partial charge in [0.25, 0.3) is 0 Å². The highest BCUT2D eigenvalue weighted by Crippen LogP contribution is 2.39. The van der Waals surface area contributed by atoms with Crippen LogP contribution in [0.15, 0.2) is 0 Å². The van der Waals surface area contributed by atoms with Crippen LogP contribution in [-0.2, 0) is 9.47 Å². The Bertz CT molecular complexity index is 250. The Morgan fingerprint density at radius 3 is 1.16 bits per heavy atom. The third-order valence-corrected chi connectivity index (χ3v) is 7.25. The average molecular weight is 289 g/mol. The summed E-state index contributed by atoms with van der Waals surface area (Å²) in [6.45, 7) is 24.3. The molecule has 0 saturated carbocycles. The highest BCUT2D eigenvalue weighted by atomic mass is 28.3. The van der Waals surface area contributed by atoms with Crippen LogP contribution in [0.25, 0.3) is 0 Å². The zero-order chi connectivity index (χ0) is 15.6. The zero-order valence-corrected chi connectivity index (χ0v) is 16.2. The van der Waals surface area contributed by atoms with Gasteiger partial charge in [0.2, 0.25) is 0 Å². The molecule has 3 heteroatoms. The Kier molecular flexibility index (Phi) is 6.32. The minimum Gasteiger partial charge on any atom is -0.351 e. The van der Waals surface area contributed by atoms with Crippen molar-refractivity contribution in [3.05, 3.63) is 0 Å². The van der Waals surface area contributed by atoms with Crippen LogP contribution in [0.2, 0.25) is 10.6 Å². The third-order valence-electron chi connectivity index (χ3n) is 2.95. The molecule has 0 spiro atoms. The van der Waals surface area contributed by atoms with Crippen molar-refractivity contribution in [2.24, 2.45) is 0 Å². The second kappa shape index (κ2) is 6.27. The highest BCUT2D eigenvalue weighted by molar-refractivity contribution is 6.64. The van der Waals surface area contributed by atoms with Crippen LogP contribution in [0.3, 0.4) is 0 Å². The SMILES string of the molecule is CC(C)[SiH](C(OC(C)(C)C)OC(C)(C)C)C(C)(C)C. The second-order valence-electron chi connectivity index (χ2n) is 8.96. The molecule has 0 amide bonds. The van der Waals surface area contributed by atoms with Gasteiger partial charge < -0.3 is 9.47 Å². The summed E-state index contributed by atoms with van der Waals surface area (Å²) in [6.07, 6.45) is 0.